The Morgan fingerprint density at radius 1 is 1.62 bits per heavy atom. The van der Waals surface area contributed by atoms with E-state index in [0.29, 0.717) is 23.4 Å². The smallest absolute Gasteiger partial charge is 0.228 e. The van der Waals surface area contributed by atoms with Crippen LogP contribution < -0.4 is 10.1 Å². The second kappa shape index (κ2) is 5.84. The molecule has 1 aromatic heterocycles. The van der Waals surface area contributed by atoms with Gasteiger partial charge < -0.3 is 10.1 Å². The molecule has 5 heteroatoms. The van der Waals surface area contributed by atoms with E-state index in [9.17, 15) is 0 Å². The summed E-state index contributed by atoms with van der Waals surface area (Å²) in [6.45, 7) is 2.87. The Balaban J connectivity index is 1.88. The van der Waals surface area contributed by atoms with Gasteiger partial charge in [0, 0.05) is 18.7 Å². The van der Waals surface area contributed by atoms with E-state index in [-0.39, 0.29) is 0 Å². The van der Waals surface area contributed by atoms with Gasteiger partial charge in [0.15, 0.2) is 0 Å². The first-order chi connectivity index (χ1) is 7.75. The van der Waals surface area contributed by atoms with E-state index in [0.717, 1.165) is 17.6 Å². The Bertz CT molecular complexity index is 356. The van der Waals surface area contributed by atoms with Crippen LogP contribution in [0.25, 0.3) is 0 Å². The molecular weight excluding hydrogens is 291 g/mol. The highest BCUT2D eigenvalue weighted by atomic mass is 79.9. The maximum Gasteiger partial charge on any atom is 0.228 e. The molecule has 1 aromatic rings. The van der Waals surface area contributed by atoms with E-state index in [2.05, 4.69) is 26.2 Å². The molecule has 0 saturated carbocycles. The second-order valence-electron chi connectivity index (χ2n) is 3.96. The van der Waals surface area contributed by atoms with Crippen LogP contribution >= 0.6 is 27.5 Å². The third-order valence-electron chi connectivity index (χ3n) is 2.63. The Hall–Kier alpha value is -0.320. The van der Waals surface area contributed by atoms with Crippen molar-refractivity contribution in [1.29, 1.82) is 0 Å². The van der Waals surface area contributed by atoms with E-state index in [1.54, 1.807) is 12.3 Å². The average Bonchev–Trinajstić information content (AvgIpc) is 2.29. The van der Waals surface area contributed by atoms with Gasteiger partial charge in [-0.25, -0.2) is 4.98 Å². The lowest BCUT2D eigenvalue weighted by molar-refractivity contribution is 0.211. The van der Waals surface area contributed by atoms with Crippen molar-refractivity contribution in [2.45, 2.75) is 12.8 Å². The molecule has 1 unspecified atom stereocenters. The van der Waals surface area contributed by atoms with Crippen LogP contribution in [0.1, 0.15) is 12.8 Å². The Kier molecular flexibility index (Phi) is 4.44. The molecule has 0 radical (unpaired) electrons. The SMILES string of the molecule is Clc1cnc(OCC2CCCNC2)c(Br)c1. The third kappa shape index (κ3) is 3.34. The average molecular weight is 306 g/mol. The van der Waals surface area contributed by atoms with Crippen LogP contribution in [0.5, 0.6) is 5.88 Å². The third-order valence-corrected chi connectivity index (χ3v) is 3.40. The van der Waals surface area contributed by atoms with Gasteiger partial charge in [0.25, 0.3) is 0 Å². The van der Waals surface area contributed by atoms with E-state index < -0.39 is 0 Å². The minimum absolute atomic E-state index is 0.582. The van der Waals surface area contributed by atoms with E-state index in [1.165, 1.54) is 12.8 Å². The molecule has 1 saturated heterocycles. The van der Waals surface area contributed by atoms with Crippen LogP contribution in [0, 0.1) is 5.92 Å². The summed E-state index contributed by atoms with van der Waals surface area (Å²) in [7, 11) is 0. The van der Waals surface area contributed by atoms with Gasteiger partial charge in [-0.3, -0.25) is 0 Å². The summed E-state index contributed by atoms with van der Waals surface area (Å²) < 4.78 is 6.48. The molecule has 3 nitrogen and oxygen atoms in total. The highest BCUT2D eigenvalue weighted by molar-refractivity contribution is 9.10. The zero-order valence-electron chi connectivity index (χ0n) is 8.88. The summed E-state index contributed by atoms with van der Waals surface area (Å²) >= 11 is 9.19. The van der Waals surface area contributed by atoms with Gasteiger partial charge >= 0.3 is 0 Å². The molecule has 2 rings (SSSR count). The van der Waals surface area contributed by atoms with Crippen molar-refractivity contribution in [2.24, 2.45) is 5.92 Å². The molecule has 0 spiro atoms. The Morgan fingerprint density at radius 2 is 2.50 bits per heavy atom. The van der Waals surface area contributed by atoms with Gasteiger partial charge in [-0.05, 0) is 41.4 Å². The highest BCUT2D eigenvalue weighted by Gasteiger charge is 2.14. The van der Waals surface area contributed by atoms with Gasteiger partial charge in [-0.1, -0.05) is 11.6 Å². The maximum atomic E-state index is 5.81. The van der Waals surface area contributed by atoms with Crippen molar-refractivity contribution in [1.82, 2.24) is 10.3 Å². The number of aromatic nitrogens is 1. The molecule has 1 fully saturated rings. The molecule has 1 aliphatic rings. The van der Waals surface area contributed by atoms with Crippen LogP contribution in [-0.2, 0) is 0 Å². The fraction of sp³-hybridized carbons (Fsp3) is 0.545. The van der Waals surface area contributed by atoms with Crippen LogP contribution in [0.15, 0.2) is 16.7 Å². The first-order valence-electron chi connectivity index (χ1n) is 5.40. The van der Waals surface area contributed by atoms with Gasteiger partial charge in [0.2, 0.25) is 5.88 Å². The molecule has 0 bridgehead atoms. The van der Waals surface area contributed by atoms with Crippen molar-refractivity contribution in [2.75, 3.05) is 19.7 Å². The largest absolute Gasteiger partial charge is 0.477 e. The zero-order valence-corrected chi connectivity index (χ0v) is 11.2. The van der Waals surface area contributed by atoms with E-state index in [4.69, 9.17) is 16.3 Å². The standard InChI is InChI=1S/C11H14BrClN2O/c12-10-4-9(13)6-15-11(10)16-7-8-2-1-3-14-5-8/h4,6,8,14H,1-3,5,7H2. The lowest BCUT2D eigenvalue weighted by Crippen LogP contribution is -2.33. The number of nitrogens with one attached hydrogen (secondary N) is 1. The number of nitrogens with zero attached hydrogens (tertiary/aromatic N) is 1. The highest BCUT2D eigenvalue weighted by Crippen LogP contribution is 2.25. The molecule has 1 aliphatic heterocycles. The van der Waals surface area contributed by atoms with Crippen molar-refractivity contribution in [3.63, 3.8) is 0 Å². The number of hydrogen-bond donors (Lipinski definition) is 1. The van der Waals surface area contributed by atoms with Gasteiger partial charge in [0.05, 0.1) is 16.1 Å². The summed E-state index contributed by atoms with van der Waals surface area (Å²) in [6.07, 6.45) is 4.04. The summed E-state index contributed by atoms with van der Waals surface area (Å²) in [5, 5.41) is 3.97. The van der Waals surface area contributed by atoms with Gasteiger partial charge in [-0.15, -0.1) is 0 Å². The molecule has 88 valence electrons. The number of hydrogen-bond acceptors (Lipinski definition) is 3. The van der Waals surface area contributed by atoms with Crippen molar-refractivity contribution >= 4 is 27.5 Å². The van der Waals surface area contributed by atoms with Gasteiger partial charge in [-0.2, -0.15) is 0 Å². The molecule has 1 N–H and O–H groups in total. The topological polar surface area (TPSA) is 34.1 Å². The molecule has 0 amide bonds. The summed E-state index contributed by atoms with van der Waals surface area (Å²) in [5.41, 5.74) is 0. The van der Waals surface area contributed by atoms with Gasteiger partial charge in [0.1, 0.15) is 0 Å². The second-order valence-corrected chi connectivity index (χ2v) is 5.25. The van der Waals surface area contributed by atoms with E-state index >= 15 is 0 Å². The van der Waals surface area contributed by atoms with Crippen LogP contribution in [0.2, 0.25) is 5.02 Å². The zero-order chi connectivity index (χ0) is 11.4. The minimum Gasteiger partial charge on any atom is -0.477 e. The van der Waals surface area contributed by atoms with Crippen LogP contribution in [0.3, 0.4) is 0 Å². The first-order valence-corrected chi connectivity index (χ1v) is 6.57. The van der Waals surface area contributed by atoms with Crippen LogP contribution in [-0.4, -0.2) is 24.7 Å². The van der Waals surface area contributed by atoms with Crippen LogP contribution in [0.4, 0.5) is 0 Å². The number of rotatable bonds is 3. The summed E-state index contributed by atoms with van der Waals surface area (Å²) in [4.78, 5) is 4.14. The minimum atomic E-state index is 0.582. The predicted molar refractivity (Wildman–Crippen MR) is 68.0 cm³/mol. The lowest BCUT2D eigenvalue weighted by Gasteiger charge is -2.22. The molecule has 0 aromatic carbocycles. The molecule has 2 heterocycles. The summed E-state index contributed by atoms with van der Waals surface area (Å²) in [6, 6.07) is 1.79. The van der Waals surface area contributed by atoms with Crippen molar-refractivity contribution in [3.05, 3.63) is 21.8 Å². The van der Waals surface area contributed by atoms with E-state index in [1.807, 2.05) is 0 Å². The fourth-order valence-corrected chi connectivity index (χ4v) is 2.52. The number of piperidine rings is 1. The Labute approximate surface area is 109 Å². The maximum absolute atomic E-state index is 5.81. The summed E-state index contributed by atoms with van der Waals surface area (Å²) in [5.74, 6) is 1.20. The number of halogens is 2. The normalized spacial score (nSPS) is 20.8. The molecular formula is C11H14BrClN2O. The first kappa shape index (κ1) is 12.1. The number of ether oxygens (including phenoxy) is 1. The quantitative estimate of drug-likeness (QED) is 0.932. The van der Waals surface area contributed by atoms with Crippen molar-refractivity contribution in [3.8, 4) is 5.88 Å². The van der Waals surface area contributed by atoms with Crippen molar-refractivity contribution < 1.29 is 4.74 Å². The lowest BCUT2D eigenvalue weighted by atomic mass is 10.0. The number of pyridine rings is 1. The molecule has 0 aliphatic carbocycles. The molecule has 16 heavy (non-hydrogen) atoms. The molecule has 1 atom stereocenters. The Morgan fingerprint density at radius 3 is 3.19 bits per heavy atom. The predicted octanol–water partition coefficient (Wildman–Crippen LogP) is 2.88. The fourth-order valence-electron chi connectivity index (χ4n) is 1.77. The monoisotopic (exact) mass is 304 g/mol.